The van der Waals surface area contributed by atoms with Gasteiger partial charge in [0.15, 0.2) is 23.1 Å². The van der Waals surface area contributed by atoms with Gasteiger partial charge in [-0.1, -0.05) is 18.2 Å². The first-order valence-corrected chi connectivity index (χ1v) is 15.4. The van der Waals surface area contributed by atoms with Crippen molar-refractivity contribution in [3.63, 3.8) is 0 Å². The van der Waals surface area contributed by atoms with Crippen LogP contribution in [0, 0.1) is 5.82 Å². The number of aliphatic imine (C=N–C) groups is 1. The minimum atomic E-state index is -0.838. The zero-order chi connectivity index (χ0) is 32.8. The fraction of sp³-hybridized carbons (Fsp3) is 0.257. The minimum absolute atomic E-state index is 0.0629. The van der Waals surface area contributed by atoms with Gasteiger partial charge >= 0.3 is 5.69 Å². The number of ether oxygens (including phenoxy) is 3. The summed E-state index contributed by atoms with van der Waals surface area (Å²) in [5.41, 5.74) is -0.821. The zero-order valence-corrected chi connectivity index (χ0v) is 25.8. The van der Waals surface area contributed by atoms with Gasteiger partial charge in [-0.25, -0.2) is 13.8 Å². The van der Waals surface area contributed by atoms with Gasteiger partial charge in [0.1, 0.15) is 11.3 Å². The number of halogens is 1. The van der Waals surface area contributed by atoms with Crippen LogP contribution in [-0.4, -0.2) is 64.1 Å². The quantitative estimate of drug-likeness (QED) is 0.131. The van der Waals surface area contributed by atoms with Crippen molar-refractivity contribution in [2.75, 3.05) is 33.4 Å². The molecule has 47 heavy (non-hydrogen) atoms. The molecule has 2 N–H and O–H groups in total. The maximum atomic E-state index is 15.2. The monoisotopic (exact) mass is 639 g/mol. The molecule has 6 rings (SSSR count). The predicted molar refractivity (Wildman–Crippen MR) is 177 cm³/mol. The number of aromatic hydroxyl groups is 1. The molecule has 1 aliphatic rings. The Morgan fingerprint density at radius 2 is 1.79 bits per heavy atom. The Hall–Kier alpha value is -5.49. The van der Waals surface area contributed by atoms with Gasteiger partial charge in [0.25, 0.3) is 5.56 Å². The molecular formula is C35H34FN5O6. The highest BCUT2D eigenvalue weighted by molar-refractivity contribution is 5.88. The molecule has 1 aliphatic heterocycles. The Kier molecular flexibility index (Phi) is 9.58. The lowest BCUT2D eigenvalue weighted by atomic mass is 10.1. The highest BCUT2D eigenvalue weighted by Gasteiger charge is 2.16. The molecule has 3 aromatic carbocycles. The summed E-state index contributed by atoms with van der Waals surface area (Å²) in [6.07, 6.45) is 7.18. The molecule has 0 atom stereocenters. The lowest BCUT2D eigenvalue weighted by Gasteiger charge is -2.16. The molecule has 0 saturated carbocycles. The molecule has 12 heteroatoms. The second-order valence-corrected chi connectivity index (χ2v) is 11.1. The number of benzene rings is 3. The highest BCUT2D eigenvalue weighted by atomic mass is 19.1. The van der Waals surface area contributed by atoms with Crippen LogP contribution in [0.1, 0.15) is 31.2 Å². The lowest BCUT2D eigenvalue weighted by molar-refractivity contribution is 0.269. The molecule has 0 aliphatic carbocycles. The van der Waals surface area contributed by atoms with Gasteiger partial charge in [-0.2, -0.15) is 0 Å². The van der Waals surface area contributed by atoms with E-state index in [2.05, 4.69) is 19.9 Å². The standard InChI is InChI=1S/C35H34FN5O6/c1-45-31-20-25-28(21-32(31)46-18-8-7-17-40-15-5-6-16-40)37-14-13-29(25)47-30-12-11-23(19-27(30)36)38-22-26-33(42)39-35(44)41(34(26)43)24-9-3-2-4-10-24/h2-4,9-14,19-22,43H,5-8,15-18H2,1H3,(H,39,42,44). The second kappa shape index (κ2) is 14.3. The zero-order valence-electron chi connectivity index (χ0n) is 25.8. The van der Waals surface area contributed by atoms with E-state index in [0.29, 0.717) is 40.4 Å². The lowest BCUT2D eigenvalue weighted by Crippen LogP contribution is -2.31. The van der Waals surface area contributed by atoms with Crippen LogP contribution < -0.4 is 25.5 Å². The van der Waals surface area contributed by atoms with Crippen LogP contribution >= 0.6 is 0 Å². The first kappa shape index (κ1) is 31.5. The van der Waals surface area contributed by atoms with Crippen molar-refractivity contribution >= 4 is 22.8 Å². The molecule has 0 spiro atoms. The first-order valence-electron chi connectivity index (χ1n) is 15.4. The Balaban J connectivity index is 1.17. The summed E-state index contributed by atoms with van der Waals surface area (Å²) in [4.78, 5) is 38.1. The van der Waals surface area contributed by atoms with Crippen molar-refractivity contribution in [1.82, 2.24) is 19.4 Å². The maximum absolute atomic E-state index is 15.2. The van der Waals surface area contributed by atoms with E-state index in [1.54, 1.807) is 61.8 Å². The third-order valence-electron chi connectivity index (χ3n) is 7.93. The summed E-state index contributed by atoms with van der Waals surface area (Å²) in [5.74, 6) is 0.0745. The largest absolute Gasteiger partial charge is 0.493 e. The van der Waals surface area contributed by atoms with Crippen LogP contribution in [0.3, 0.4) is 0 Å². The third-order valence-corrected chi connectivity index (χ3v) is 7.93. The van der Waals surface area contributed by atoms with Crippen molar-refractivity contribution in [1.29, 1.82) is 0 Å². The van der Waals surface area contributed by atoms with E-state index in [1.807, 2.05) is 0 Å². The number of hydrogen-bond acceptors (Lipinski definition) is 9. The summed E-state index contributed by atoms with van der Waals surface area (Å²) in [7, 11) is 1.56. The van der Waals surface area contributed by atoms with E-state index in [1.165, 1.54) is 38.1 Å². The molecule has 0 unspecified atom stereocenters. The van der Waals surface area contributed by atoms with Crippen molar-refractivity contribution < 1.29 is 23.7 Å². The third kappa shape index (κ3) is 7.17. The topological polar surface area (TPSA) is 131 Å². The summed E-state index contributed by atoms with van der Waals surface area (Å²) in [6, 6.07) is 17.5. The number of hydrogen-bond donors (Lipinski definition) is 2. The van der Waals surface area contributed by atoms with Crippen LogP contribution in [-0.2, 0) is 0 Å². The van der Waals surface area contributed by atoms with Crippen LogP contribution in [0.15, 0.2) is 87.5 Å². The average Bonchev–Trinajstić information content (AvgIpc) is 3.59. The van der Waals surface area contributed by atoms with Crippen molar-refractivity contribution in [3.8, 4) is 34.6 Å². The van der Waals surface area contributed by atoms with Crippen LogP contribution in [0.2, 0.25) is 0 Å². The molecule has 0 amide bonds. The molecule has 1 fully saturated rings. The fourth-order valence-corrected chi connectivity index (χ4v) is 5.50. The van der Waals surface area contributed by atoms with Gasteiger partial charge in [-0.15, -0.1) is 0 Å². The number of aromatic nitrogens is 3. The highest BCUT2D eigenvalue weighted by Crippen LogP contribution is 2.38. The number of unbranched alkanes of at least 4 members (excludes halogenated alkanes) is 1. The van der Waals surface area contributed by atoms with Crippen molar-refractivity contribution in [2.24, 2.45) is 4.99 Å². The number of fused-ring (bicyclic) bond motifs is 1. The molecule has 1 saturated heterocycles. The number of pyridine rings is 1. The van der Waals surface area contributed by atoms with Gasteiger partial charge in [-0.05, 0) is 81.7 Å². The molecule has 0 bridgehead atoms. The number of likely N-dealkylation sites (tertiary alicyclic amines) is 1. The number of rotatable bonds is 12. The van der Waals surface area contributed by atoms with E-state index < -0.39 is 22.9 Å². The van der Waals surface area contributed by atoms with Crippen molar-refractivity contribution in [2.45, 2.75) is 25.7 Å². The Bertz CT molecular complexity index is 2020. The predicted octanol–water partition coefficient (Wildman–Crippen LogP) is 5.73. The molecule has 11 nitrogen and oxygen atoms in total. The summed E-state index contributed by atoms with van der Waals surface area (Å²) in [5, 5.41) is 11.3. The summed E-state index contributed by atoms with van der Waals surface area (Å²) >= 11 is 0. The normalized spacial score (nSPS) is 13.4. The van der Waals surface area contributed by atoms with Gasteiger partial charge in [-0.3, -0.25) is 19.8 Å². The van der Waals surface area contributed by atoms with Crippen LogP contribution in [0.4, 0.5) is 10.1 Å². The number of para-hydroxylation sites is 1. The van der Waals surface area contributed by atoms with Gasteiger partial charge in [0, 0.05) is 29.9 Å². The number of H-pyrrole nitrogens is 1. The van der Waals surface area contributed by atoms with E-state index in [0.717, 1.165) is 36.2 Å². The number of aromatic amines is 1. The molecule has 242 valence electrons. The summed E-state index contributed by atoms with van der Waals surface area (Å²) in [6.45, 7) is 4.00. The smallest absolute Gasteiger partial charge is 0.335 e. The molecule has 3 heterocycles. The Morgan fingerprint density at radius 3 is 2.55 bits per heavy atom. The Morgan fingerprint density at radius 1 is 0.979 bits per heavy atom. The molecule has 2 aromatic heterocycles. The second-order valence-electron chi connectivity index (χ2n) is 11.1. The molecular weight excluding hydrogens is 605 g/mol. The molecule has 0 radical (unpaired) electrons. The van der Waals surface area contributed by atoms with E-state index in [-0.39, 0.29) is 17.0 Å². The molecule has 5 aromatic rings. The van der Waals surface area contributed by atoms with Crippen LogP contribution in [0.25, 0.3) is 16.6 Å². The number of nitrogens with zero attached hydrogens (tertiary/aromatic N) is 4. The van der Waals surface area contributed by atoms with Crippen molar-refractivity contribution in [3.05, 3.63) is 105 Å². The van der Waals surface area contributed by atoms with Crippen LogP contribution in [0.5, 0.6) is 28.9 Å². The Labute approximate surface area is 269 Å². The van der Waals surface area contributed by atoms with E-state index in [9.17, 15) is 14.7 Å². The summed E-state index contributed by atoms with van der Waals surface area (Å²) < 4.78 is 33.8. The SMILES string of the molecule is COc1cc2c(Oc3ccc(N=Cc4c(O)n(-c5ccccc5)c(=O)[nH]c4=O)cc3F)ccnc2cc1OCCCCN1CCCC1. The number of methoxy groups -OCH3 is 1. The van der Waals surface area contributed by atoms with E-state index in [4.69, 9.17) is 14.2 Å². The average molecular weight is 640 g/mol. The minimum Gasteiger partial charge on any atom is -0.493 e. The fourth-order valence-electron chi connectivity index (χ4n) is 5.50. The first-order chi connectivity index (χ1) is 22.9. The van der Waals surface area contributed by atoms with Gasteiger partial charge in [0.05, 0.1) is 30.6 Å². The maximum Gasteiger partial charge on any atom is 0.335 e. The van der Waals surface area contributed by atoms with E-state index >= 15 is 4.39 Å². The van der Waals surface area contributed by atoms with Gasteiger partial charge < -0.3 is 24.2 Å². The number of nitrogens with one attached hydrogen (secondary N) is 1. The van der Waals surface area contributed by atoms with Gasteiger partial charge in [0.2, 0.25) is 5.88 Å².